The van der Waals surface area contributed by atoms with E-state index in [9.17, 15) is 9.59 Å². The maximum absolute atomic E-state index is 13.6. The number of ether oxygens (including phenoxy) is 1. The van der Waals surface area contributed by atoms with Crippen LogP contribution in [-0.2, 0) is 22.5 Å². The van der Waals surface area contributed by atoms with Crippen molar-refractivity contribution in [2.45, 2.75) is 83.9 Å². The molecule has 4 rings (SSSR count). The average Bonchev–Trinajstić information content (AvgIpc) is 3.39. The molecule has 3 saturated heterocycles. The molecule has 6 nitrogen and oxygen atoms in total. The van der Waals surface area contributed by atoms with Gasteiger partial charge in [0.2, 0.25) is 0 Å². The molecule has 0 bridgehead atoms. The number of imide groups is 1. The Bertz CT molecular complexity index is 810. The van der Waals surface area contributed by atoms with Gasteiger partial charge in [0, 0.05) is 13.2 Å². The van der Waals surface area contributed by atoms with Gasteiger partial charge in [-0.25, -0.2) is 4.79 Å². The number of nitrogens with zero attached hydrogens (tertiary/aromatic N) is 2. The second-order valence-corrected chi connectivity index (χ2v) is 10.7. The molecule has 2 unspecified atom stereocenters. The van der Waals surface area contributed by atoms with Crippen molar-refractivity contribution in [3.63, 3.8) is 0 Å². The van der Waals surface area contributed by atoms with Crippen molar-refractivity contribution < 1.29 is 14.3 Å². The molecule has 0 radical (unpaired) electrons. The third-order valence-electron chi connectivity index (χ3n) is 7.61. The van der Waals surface area contributed by atoms with Gasteiger partial charge in [0.05, 0.1) is 12.6 Å². The number of hydrogen-bond acceptors (Lipinski definition) is 4. The highest BCUT2D eigenvalue weighted by molar-refractivity contribution is 6.07. The van der Waals surface area contributed by atoms with Crippen molar-refractivity contribution in [2.75, 3.05) is 26.2 Å². The van der Waals surface area contributed by atoms with Crippen LogP contribution in [0.2, 0.25) is 0 Å². The largest absolute Gasteiger partial charge is 0.376 e. The molecule has 1 aromatic rings. The average molecular weight is 456 g/mol. The number of urea groups is 1. The van der Waals surface area contributed by atoms with Crippen LogP contribution < -0.4 is 5.32 Å². The molecule has 182 valence electrons. The minimum absolute atomic E-state index is 0.00843. The fourth-order valence-electron chi connectivity index (χ4n) is 5.94. The van der Waals surface area contributed by atoms with Gasteiger partial charge in [0.15, 0.2) is 0 Å². The number of rotatable bonds is 9. The molecule has 1 N–H and O–H groups in total. The van der Waals surface area contributed by atoms with E-state index in [0.29, 0.717) is 18.9 Å². The van der Waals surface area contributed by atoms with E-state index in [0.717, 1.165) is 64.8 Å². The monoisotopic (exact) mass is 455 g/mol. The number of benzene rings is 1. The second-order valence-electron chi connectivity index (χ2n) is 10.7. The van der Waals surface area contributed by atoms with E-state index in [1.165, 1.54) is 16.0 Å². The predicted octanol–water partition coefficient (Wildman–Crippen LogP) is 4.37. The van der Waals surface area contributed by atoms with E-state index in [4.69, 9.17) is 4.74 Å². The maximum Gasteiger partial charge on any atom is 0.325 e. The molecule has 33 heavy (non-hydrogen) atoms. The molecule has 1 aromatic carbocycles. The van der Waals surface area contributed by atoms with Gasteiger partial charge in [-0.05, 0) is 74.6 Å². The van der Waals surface area contributed by atoms with Crippen LogP contribution in [-0.4, -0.2) is 59.6 Å². The van der Waals surface area contributed by atoms with E-state index in [2.05, 4.69) is 55.3 Å². The quantitative estimate of drug-likeness (QED) is 0.562. The first-order valence-electron chi connectivity index (χ1n) is 13.0. The second kappa shape index (κ2) is 10.6. The molecule has 0 saturated carbocycles. The Morgan fingerprint density at radius 2 is 1.79 bits per heavy atom. The standard InChI is InChI=1S/C27H41N3O3/c1-4-13-27(25(31)30(26(32)28-27)19-24-6-5-16-33-24)23-11-14-29(15-12-23)18-22-9-7-21(8-10-22)17-20(2)3/h7-10,20,23-24H,4-6,11-19H2,1-3H3,(H,28,32). The highest BCUT2D eigenvalue weighted by atomic mass is 16.5. The maximum atomic E-state index is 13.6. The first-order valence-corrected chi connectivity index (χ1v) is 13.0. The zero-order valence-electron chi connectivity index (χ0n) is 20.6. The number of likely N-dealkylation sites (tertiary alicyclic amines) is 1. The van der Waals surface area contributed by atoms with Crippen molar-refractivity contribution in [1.29, 1.82) is 0 Å². The summed E-state index contributed by atoms with van der Waals surface area (Å²) in [7, 11) is 0. The molecule has 0 aliphatic carbocycles. The van der Waals surface area contributed by atoms with Crippen LogP contribution in [0.15, 0.2) is 24.3 Å². The Morgan fingerprint density at radius 3 is 2.39 bits per heavy atom. The lowest BCUT2D eigenvalue weighted by atomic mass is 9.74. The van der Waals surface area contributed by atoms with Gasteiger partial charge in [-0.3, -0.25) is 14.6 Å². The molecule has 3 fully saturated rings. The third kappa shape index (κ3) is 5.43. The Hall–Kier alpha value is -1.92. The summed E-state index contributed by atoms with van der Waals surface area (Å²) < 4.78 is 5.70. The lowest BCUT2D eigenvalue weighted by Crippen LogP contribution is -2.56. The van der Waals surface area contributed by atoms with Crippen LogP contribution in [0, 0.1) is 11.8 Å². The minimum atomic E-state index is -0.741. The summed E-state index contributed by atoms with van der Waals surface area (Å²) in [5, 5.41) is 3.16. The number of carbonyl (C=O) groups is 2. The predicted molar refractivity (Wildman–Crippen MR) is 130 cm³/mol. The lowest BCUT2D eigenvalue weighted by Gasteiger charge is -2.41. The van der Waals surface area contributed by atoms with Gasteiger partial charge >= 0.3 is 6.03 Å². The first kappa shape index (κ1) is 24.2. The van der Waals surface area contributed by atoms with E-state index >= 15 is 0 Å². The molecule has 3 aliphatic rings. The number of amides is 3. The molecule has 3 amide bonds. The first-order chi connectivity index (χ1) is 15.9. The van der Waals surface area contributed by atoms with Crippen LogP contribution in [0.25, 0.3) is 0 Å². The Balaban J connectivity index is 1.36. The molecular formula is C27H41N3O3. The highest BCUT2D eigenvalue weighted by Crippen LogP contribution is 2.37. The van der Waals surface area contributed by atoms with E-state index in [1.54, 1.807) is 0 Å². The van der Waals surface area contributed by atoms with Crippen LogP contribution in [0.5, 0.6) is 0 Å². The van der Waals surface area contributed by atoms with Crippen LogP contribution in [0.1, 0.15) is 70.4 Å². The summed E-state index contributed by atoms with van der Waals surface area (Å²) in [5.74, 6) is 0.836. The number of piperidine rings is 1. The SMILES string of the molecule is CCCC1(C2CCN(Cc3ccc(CC(C)C)cc3)CC2)NC(=O)N(CC2CCCO2)C1=O. The van der Waals surface area contributed by atoms with E-state index < -0.39 is 5.54 Å². The van der Waals surface area contributed by atoms with Crippen LogP contribution >= 0.6 is 0 Å². The van der Waals surface area contributed by atoms with E-state index in [1.807, 2.05) is 0 Å². The van der Waals surface area contributed by atoms with Gasteiger partial charge < -0.3 is 10.1 Å². The van der Waals surface area contributed by atoms with Crippen molar-refractivity contribution in [3.8, 4) is 0 Å². The third-order valence-corrected chi connectivity index (χ3v) is 7.61. The Labute approximate surface area is 199 Å². The summed E-state index contributed by atoms with van der Waals surface area (Å²) in [6.07, 6.45) is 6.50. The summed E-state index contributed by atoms with van der Waals surface area (Å²) in [6.45, 7) is 10.6. The van der Waals surface area contributed by atoms with Crippen molar-refractivity contribution in [2.24, 2.45) is 11.8 Å². The normalized spacial score (nSPS) is 27.0. The van der Waals surface area contributed by atoms with Crippen molar-refractivity contribution in [3.05, 3.63) is 35.4 Å². The molecule has 3 aliphatic heterocycles. The molecule has 3 heterocycles. The van der Waals surface area contributed by atoms with Crippen LogP contribution in [0.3, 0.4) is 0 Å². The molecule has 6 heteroatoms. The molecular weight excluding hydrogens is 414 g/mol. The zero-order chi connectivity index (χ0) is 23.4. The molecule has 2 atom stereocenters. The van der Waals surface area contributed by atoms with Crippen LogP contribution in [0.4, 0.5) is 4.79 Å². The van der Waals surface area contributed by atoms with Gasteiger partial charge in [-0.15, -0.1) is 0 Å². The lowest BCUT2D eigenvalue weighted by molar-refractivity contribution is -0.135. The minimum Gasteiger partial charge on any atom is -0.376 e. The van der Waals surface area contributed by atoms with Crippen molar-refractivity contribution in [1.82, 2.24) is 15.1 Å². The Kier molecular flexibility index (Phi) is 7.75. The summed E-state index contributed by atoms with van der Waals surface area (Å²) in [5.41, 5.74) is 2.00. The van der Waals surface area contributed by atoms with Gasteiger partial charge in [-0.1, -0.05) is 51.5 Å². The summed E-state index contributed by atoms with van der Waals surface area (Å²) in [6, 6.07) is 8.80. The highest BCUT2D eigenvalue weighted by Gasteiger charge is 2.55. The van der Waals surface area contributed by atoms with E-state index in [-0.39, 0.29) is 24.0 Å². The number of hydrogen-bond donors (Lipinski definition) is 1. The summed E-state index contributed by atoms with van der Waals surface area (Å²) in [4.78, 5) is 30.3. The van der Waals surface area contributed by atoms with Crippen molar-refractivity contribution >= 4 is 11.9 Å². The molecule has 0 aromatic heterocycles. The zero-order valence-corrected chi connectivity index (χ0v) is 20.6. The molecule has 0 spiro atoms. The topological polar surface area (TPSA) is 61.9 Å². The fourth-order valence-corrected chi connectivity index (χ4v) is 5.94. The van der Waals surface area contributed by atoms with Gasteiger partial charge in [0.1, 0.15) is 5.54 Å². The van der Waals surface area contributed by atoms with Gasteiger partial charge in [0.25, 0.3) is 5.91 Å². The number of nitrogens with one attached hydrogen (secondary N) is 1. The number of carbonyl (C=O) groups excluding carboxylic acids is 2. The fraction of sp³-hybridized carbons (Fsp3) is 0.704. The summed E-state index contributed by atoms with van der Waals surface area (Å²) >= 11 is 0. The van der Waals surface area contributed by atoms with Gasteiger partial charge in [-0.2, -0.15) is 0 Å². The smallest absolute Gasteiger partial charge is 0.325 e. The Morgan fingerprint density at radius 1 is 1.09 bits per heavy atom.